The van der Waals surface area contributed by atoms with Crippen molar-refractivity contribution in [1.29, 1.82) is 0 Å². The number of hydrogen-bond donors (Lipinski definition) is 3. The summed E-state index contributed by atoms with van der Waals surface area (Å²) in [5.41, 5.74) is 4.60. The van der Waals surface area contributed by atoms with E-state index in [0.29, 0.717) is 19.5 Å². The van der Waals surface area contributed by atoms with Crippen LogP contribution in [0.4, 0.5) is 0 Å². The lowest BCUT2D eigenvalue weighted by Crippen LogP contribution is -2.42. The summed E-state index contributed by atoms with van der Waals surface area (Å²) in [6.07, 6.45) is 6.14. The number of piperidine rings is 1. The van der Waals surface area contributed by atoms with E-state index in [1.807, 2.05) is 30.5 Å². The first-order valence-electron chi connectivity index (χ1n) is 14.8. The molecule has 8 nitrogen and oxygen atoms in total. The molecule has 3 heterocycles. The average molecular weight is 563 g/mol. The first kappa shape index (κ1) is 27.7. The minimum absolute atomic E-state index is 0.0558. The molecule has 1 aliphatic heterocycles. The lowest BCUT2D eigenvalue weighted by atomic mass is 9.97. The van der Waals surface area contributed by atoms with Crippen LogP contribution in [-0.2, 0) is 30.6 Å². The van der Waals surface area contributed by atoms with Crippen molar-refractivity contribution < 1.29 is 9.53 Å². The number of amides is 1. The van der Waals surface area contributed by atoms with Crippen LogP contribution in [0.1, 0.15) is 47.2 Å². The molecular weight excluding hydrogens is 524 g/mol. The number of aryl methyl sites for hydroxylation is 2. The number of carbonyl (C=O) groups excluding carboxylic acids is 1. The van der Waals surface area contributed by atoms with Crippen molar-refractivity contribution in [2.75, 3.05) is 20.2 Å². The van der Waals surface area contributed by atoms with Crippen molar-refractivity contribution in [3.05, 3.63) is 113 Å². The van der Waals surface area contributed by atoms with Gasteiger partial charge < -0.3 is 24.9 Å². The summed E-state index contributed by atoms with van der Waals surface area (Å²) < 4.78 is 7.58. The number of aromatic amines is 1. The summed E-state index contributed by atoms with van der Waals surface area (Å²) in [4.78, 5) is 17.0. The van der Waals surface area contributed by atoms with Gasteiger partial charge in [-0.2, -0.15) is 0 Å². The molecule has 0 spiro atoms. The van der Waals surface area contributed by atoms with E-state index in [9.17, 15) is 4.79 Å². The van der Waals surface area contributed by atoms with Crippen molar-refractivity contribution in [1.82, 2.24) is 30.4 Å². The number of para-hydroxylation sites is 1. The summed E-state index contributed by atoms with van der Waals surface area (Å²) in [6.45, 7) is 2.26. The van der Waals surface area contributed by atoms with Crippen molar-refractivity contribution in [3.8, 4) is 5.75 Å². The van der Waals surface area contributed by atoms with Gasteiger partial charge in [-0.05, 0) is 60.7 Å². The zero-order valence-corrected chi connectivity index (χ0v) is 24.1. The van der Waals surface area contributed by atoms with E-state index in [-0.39, 0.29) is 17.9 Å². The molecule has 8 heteroatoms. The number of fused-ring (bicyclic) bond motifs is 1. The molecule has 1 saturated heterocycles. The molecule has 42 heavy (non-hydrogen) atoms. The van der Waals surface area contributed by atoms with Gasteiger partial charge in [-0.3, -0.25) is 4.79 Å². The summed E-state index contributed by atoms with van der Waals surface area (Å²) in [5, 5.41) is 17.4. The Kier molecular flexibility index (Phi) is 8.61. The second-order valence-corrected chi connectivity index (χ2v) is 11.1. The molecule has 0 radical (unpaired) electrons. The molecular formula is C34H38N6O2. The van der Waals surface area contributed by atoms with Crippen LogP contribution in [0, 0.1) is 5.92 Å². The highest BCUT2D eigenvalue weighted by Crippen LogP contribution is 2.26. The largest absolute Gasteiger partial charge is 0.497 e. The van der Waals surface area contributed by atoms with Gasteiger partial charge in [-0.1, -0.05) is 60.7 Å². The third-order valence-electron chi connectivity index (χ3n) is 8.23. The molecule has 3 aromatic carbocycles. The van der Waals surface area contributed by atoms with Gasteiger partial charge in [0.2, 0.25) is 5.91 Å². The van der Waals surface area contributed by atoms with Crippen molar-refractivity contribution in [2.45, 2.75) is 44.7 Å². The second-order valence-electron chi connectivity index (χ2n) is 11.1. The molecule has 2 aromatic heterocycles. The van der Waals surface area contributed by atoms with E-state index in [0.717, 1.165) is 71.7 Å². The third-order valence-corrected chi connectivity index (χ3v) is 8.23. The fourth-order valence-corrected chi connectivity index (χ4v) is 5.87. The standard InChI is InChI=1S/C34H38N6O2/c1-42-28-16-13-25(14-17-28)23-40-32(18-15-24-8-3-2-4-9-24)38-39-33(40)31(37-34(41)26-10-7-19-35-21-26)20-27-22-36-30-12-6-5-11-29(27)30/h2-6,8-9,11-14,16-17,22,26,31,35-36H,7,10,15,18-21,23H2,1H3,(H,37,41)/t26-,31+/m1/s1. The van der Waals surface area contributed by atoms with E-state index in [4.69, 9.17) is 14.9 Å². The van der Waals surface area contributed by atoms with Crippen LogP contribution >= 0.6 is 0 Å². The van der Waals surface area contributed by atoms with E-state index >= 15 is 0 Å². The van der Waals surface area contributed by atoms with Crippen LogP contribution in [0.5, 0.6) is 5.75 Å². The van der Waals surface area contributed by atoms with Gasteiger partial charge in [0, 0.05) is 36.5 Å². The lowest BCUT2D eigenvalue weighted by molar-refractivity contribution is -0.126. The van der Waals surface area contributed by atoms with E-state index in [1.165, 1.54) is 5.56 Å². The summed E-state index contributed by atoms with van der Waals surface area (Å²) in [6, 6.07) is 26.5. The van der Waals surface area contributed by atoms with Gasteiger partial charge >= 0.3 is 0 Å². The fraction of sp³-hybridized carbons (Fsp3) is 0.324. The zero-order valence-electron chi connectivity index (χ0n) is 24.1. The maximum absolute atomic E-state index is 13.6. The molecule has 0 bridgehead atoms. The maximum Gasteiger partial charge on any atom is 0.224 e. The van der Waals surface area contributed by atoms with Gasteiger partial charge in [0.25, 0.3) is 0 Å². The normalized spacial score (nSPS) is 15.9. The summed E-state index contributed by atoms with van der Waals surface area (Å²) in [5.74, 6) is 2.51. The number of nitrogens with one attached hydrogen (secondary N) is 3. The average Bonchev–Trinajstić information content (AvgIpc) is 3.64. The van der Waals surface area contributed by atoms with Crippen molar-refractivity contribution >= 4 is 16.8 Å². The Morgan fingerprint density at radius 3 is 2.60 bits per heavy atom. The Morgan fingerprint density at radius 2 is 1.81 bits per heavy atom. The lowest BCUT2D eigenvalue weighted by Gasteiger charge is -2.26. The molecule has 5 aromatic rings. The van der Waals surface area contributed by atoms with Crippen LogP contribution in [0.25, 0.3) is 10.9 Å². The van der Waals surface area contributed by atoms with Crippen LogP contribution < -0.4 is 15.4 Å². The number of benzene rings is 3. The summed E-state index contributed by atoms with van der Waals surface area (Å²) in [7, 11) is 1.68. The van der Waals surface area contributed by atoms with E-state index < -0.39 is 0 Å². The van der Waals surface area contributed by atoms with Crippen molar-refractivity contribution in [3.63, 3.8) is 0 Å². The number of rotatable bonds is 11. The topological polar surface area (TPSA) is 96.9 Å². The third kappa shape index (κ3) is 6.39. The van der Waals surface area contributed by atoms with Crippen LogP contribution in [0.2, 0.25) is 0 Å². The van der Waals surface area contributed by atoms with Crippen LogP contribution in [0.3, 0.4) is 0 Å². The number of ether oxygens (including phenoxy) is 1. The van der Waals surface area contributed by atoms with Gasteiger partial charge in [0.05, 0.1) is 25.6 Å². The Morgan fingerprint density at radius 1 is 1.00 bits per heavy atom. The predicted molar refractivity (Wildman–Crippen MR) is 164 cm³/mol. The minimum atomic E-state index is -0.338. The van der Waals surface area contributed by atoms with E-state index in [2.05, 4.69) is 74.8 Å². The molecule has 6 rings (SSSR count). The minimum Gasteiger partial charge on any atom is -0.497 e. The molecule has 216 valence electrons. The molecule has 3 N–H and O–H groups in total. The Hall–Kier alpha value is -4.43. The molecule has 0 aliphatic carbocycles. The number of nitrogens with zero attached hydrogens (tertiary/aromatic N) is 3. The zero-order chi connectivity index (χ0) is 28.7. The van der Waals surface area contributed by atoms with Gasteiger partial charge in [-0.25, -0.2) is 0 Å². The monoisotopic (exact) mass is 562 g/mol. The highest BCUT2D eigenvalue weighted by Gasteiger charge is 2.28. The van der Waals surface area contributed by atoms with Gasteiger partial charge in [0.15, 0.2) is 5.82 Å². The number of H-pyrrole nitrogens is 1. The van der Waals surface area contributed by atoms with Crippen molar-refractivity contribution in [2.24, 2.45) is 5.92 Å². The van der Waals surface area contributed by atoms with Gasteiger partial charge in [-0.15, -0.1) is 10.2 Å². The number of methoxy groups -OCH3 is 1. The smallest absolute Gasteiger partial charge is 0.224 e. The summed E-state index contributed by atoms with van der Waals surface area (Å²) >= 11 is 0. The first-order valence-corrected chi connectivity index (χ1v) is 14.8. The number of carbonyl (C=O) groups is 1. The second kappa shape index (κ2) is 13.0. The molecule has 2 atom stereocenters. The Bertz CT molecular complexity index is 1600. The van der Waals surface area contributed by atoms with Gasteiger partial charge in [0.1, 0.15) is 11.6 Å². The highest BCUT2D eigenvalue weighted by atomic mass is 16.5. The van der Waals surface area contributed by atoms with Crippen LogP contribution in [-0.4, -0.2) is 45.9 Å². The first-order chi connectivity index (χ1) is 20.7. The molecule has 1 aliphatic rings. The Balaban J connectivity index is 1.36. The molecule has 1 amide bonds. The van der Waals surface area contributed by atoms with Crippen LogP contribution in [0.15, 0.2) is 85.1 Å². The SMILES string of the molecule is COc1ccc(Cn2c(CCc3ccccc3)nnc2[C@H](Cc2c[nH]c3ccccc23)NC(=O)[C@@H]2CCCNC2)cc1. The molecule has 1 fully saturated rings. The Labute approximate surface area is 246 Å². The quantitative estimate of drug-likeness (QED) is 0.211. The molecule has 0 unspecified atom stereocenters. The molecule has 0 saturated carbocycles. The fourth-order valence-electron chi connectivity index (χ4n) is 5.87. The predicted octanol–water partition coefficient (Wildman–Crippen LogP) is 5.00. The van der Waals surface area contributed by atoms with E-state index in [1.54, 1.807) is 7.11 Å². The highest BCUT2D eigenvalue weighted by molar-refractivity contribution is 5.83. The number of aromatic nitrogens is 4. The maximum atomic E-state index is 13.6. The number of hydrogen-bond acceptors (Lipinski definition) is 5.